The zero-order valence-electron chi connectivity index (χ0n) is 10.6. The van der Waals surface area contributed by atoms with E-state index < -0.39 is 0 Å². The first kappa shape index (κ1) is 12.4. The largest absolute Gasteiger partial charge is 0.377 e. The second-order valence-corrected chi connectivity index (χ2v) is 4.19. The Morgan fingerprint density at radius 2 is 2.00 bits per heavy atom. The maximum absolute atomic E-state index is 11.5. The van der Waals surface area contributed by atoms with Gasteiger partial charge in [0.1, 0.15) is 0 Å². The molecule has 2 aromatic heterocycles. The predicted molar refractivity (Wildman–Crippen MR) is 72.7 cm³/mol. The summed E-state index contributed by atoms with van der Waals surface area (Å²) in [6, 6.07) is 7.54. The smallest absolute Gasteiger partial charge is 0.250 e. The average molecular weight is 243 g/mol. The fourth-order valence-electron chi connectivity index (χ4n) is 1.85. The van der Waals surface area contributed by atoms with E-state index in [4.69, 9.17) is 0 Å². The number of hydrogen-bond acceptors (Lipinski definition) is 3. The van der Waals surface area contributed by atoms with Crippen molar-refractivity contribution >= 4 is 5.69 Å². The molecule has 2 rings (SSSR count). The summed E-state index contributed by atoms with van der Waals surface area (Å²) in [7, 11) is 0. The summed E-state index contributed by atoms with van der Waals surface area (Å²) in [5, 5.41) is 3.37. The monoisotopic (exact) mass is 243 g/mol. The molecule has 0 saturated carbocycles. The molecule has 94 valence electrons. The van der Waals surface area contributed by atoms with Crippen molar-refractivity contribution in [3.05, 3.63) is 58.8 Å². The second kappa shape index (κ2) is 5.49. The number of aromatic nitrogens is 2. The highest BCUT2D eigenvalue weighted by Crippen LogP contribution is 2.17. The summed E-state index contributed by atoms with van der Waals surface area (Å²) in [5.41, 5.74) is 2.14. The predicted octanol–water partition coefficient (Wildman–Crippen LogP) is 2.44. The fourth-order valence-corrected chi connectivity index (χ4v) is 1.85. The van der Waals surface area contributed by atoms with Crippen LogP contribution < -0.4 is 10.9 Å². The Morgan fingerprint density at radius 3 is 2.67 bits per heavy atom. The molecule has 0 aromatic carbocycles. The van der Waals surface area contributed by atoms with Gasteiger partial charge in [-0.15, -0.1) is 0 Å². The van der Waals surface area contributed by atoms with E-state index in [9.17, 15) is 4.79 Å². The topological polar surface area (TPSA) is 46.9 Å². The molecule has 0 aliphatic carbocycles. The van der Waals surface area contributed by atoms with Crippen LogP contribution in [0.5, 0.6) is 0 Å². The first-order valence-electron chi connectivity index (χ1n) is 6.07. The van der Waals surface area contributed by atoms with E-state index in [-0.39, 0.29) is 11.6 Å². The van der Waals surface area contributed by atoms with Crippen molar-refractivity contribution < 1.29 is 0 Å². The van der Waals surface area contributed by atoms with Crippen molar-refractivity contribution in [2.45, 2.75) is 26.4 Å². The minimum atomic E-state index is 0.0274. The standard InChI is InChI=1S/C14H17N3O/c1-3-17-10-13(4-5-14(17)18)16-11(2)12-6-8-15-9-7-12/h4-11,16H,3H2,1-2H3. The molecule has 18 heavy (non-hydrogen) atoms. The third kappa shape index (κ3) is 2.77. The van der Waals surface area contributed by atoms with Crippen molar-refractivity contribution in [1.82, 2.24) is 9.55 Å². The summed E-state index contributed by atoms with van der Waals surface area (Å²) in [5.74, 6) is 0. The van der Waals surface area contributed by atoms with E-state index in [0.29, 0.717) is 6.54 Å². The highest BCUT2D eigenvalue weighted by Gasteiger charge is 2.05. The molecule has 0 bridgehead atoms. The quantitative estimate of drug-likeness (QED) is 0.897. The van der Waals surface area contributed by atoms with Gasteiger partial charge in [-0.1, -0.05) is 0 Å². The highest BCUT2D eigenvalue weighted by atomic mass is 16.1. The zero-order valence-corrected chi connectivity index (χ0v) is 10.6. The SMILES string of the molecule is CCn1cc(NC(C)c2ccncc2)ccc1=O. The van der Waals surface area contributed by atoms with E-state index in [2.05, 4.69) is 17.2 Å². The number of nitrogens with zero attached hydrogens (tertiary/aromatic N) is 2. The first-order valence-corrected chi connectivity index (χ1v) is 6.07. The minimum absolute atomic E-state index is 0.0274. The number of rotatable bonds is 4. The van der Waals surface area contributed by atoms with Crippen LogP contribution >= 0.6 is 0 Å². The van der Waals surface area contributed by atoms with Crippen LogP contribution in [0.15, 0.2) is 47.7 Å². The van der Waals surface area contributed by atoms with E-state index >= 15 is 0 Å². The summed E-state index contributed by atoms with van der Waals surface area (Å²) in [6.07, 6.45) is 5.40. The molecule has 0 amide bonds. The van der Waals surface area contributed by atoms with Crippen LogP contribution in [0.1, 0.15) is 25.5 Å². The van der Waals surface area contributed by atoms with Gasteiger partial charge in [0.05, 0.1) is 5.69 Å². The van der Waals surface area contributed by atoms with E-state index in [1.807, 2.05) is 31.3 Å². The van der Waals surface area contributed by atoms with Crippen molar-refractivity contribution in [2.75, 3.05) is 5.32 Å². The number of anilines is 1. The fraction of sp³-hybridized carbons (Fsp3) is 0.286. The normalized spacial score (nSPS) is 12.1. The lowest BCUT2D eigenvalue weighted by atomic mass is 10.1. The van der Waals surface area contributed by atoms with Gasteiger partial charge in [-0.05, 0) is 37.6 Å². The lowest BCUT2D eigenvalue weighted by Crippen LogP contribution is -2.18. The van der Waals surface area contributed by atoms with Crippen LogP contribution in [-0.4, -0.2) is 9.55 Å². The van der Waals surface area contributed by atoms with Crippen LogP contribution in [0, 0.1) is 0 Å². The Kier molecular flexibility index (Phi) is 3.77. The molecule has 1 atom stereocenters. The Balaban J connectivity index is 2.17. The summed E-state index contributed by atoms with van der Waals surface area (Å²) in [6.45, 7) is 4.71. The van der Waals surface area contributed by atoms with Crippen molar-refractivity contribution in [3.8, 4) is 0 Å². The van der Waals surface area contributed by atoms with Crippen LogP contribution in [0.3, 0.4) is 0 Å². The summed E-state index contributed by atoms with van der Waals surface area (Å²) in [4.78, 5) is 15.5. The maximum atomic E-state index is 11.5. The lowest BCUT2D eigenvalue weighted by Gasteiger charge is -2.16. The molecule has 2 heterocycles. The van der Waals surface area contributed by atoms with Gasteiger partial charge in [-0.25, -0.2) is 0 Å². The van der Waals surface area contributed by atoms with Gasteiger partial charge in [0.25, 0.3) is 5.56 Å². The average Bonchev–Trinajstić information content (AvgIpc) is 2.42. The molecule has 0 fully saturated rings. The molecule has 0 aliphatic rings. The molecular formula is C14H17N3O. The van der Waals surface area contributed by atoms with Gasteiger partial charge in [-0.3, -0.25) is 9.78 Å². The Bertz CT molecular complexity index is 563. The third-order valence-electron chi connectivity index (χ3n) is 2.91. The highest BCUT2D eigenvalue weighted by molar-refractivity contribution is 5.42. The summed E-state index contributed by atoms with van der Waals surface area (Å²) < 4.78 is 1.68. The molecule has 2 aromatic rings. The summed E-state index contributed by atoms with van der Waals surface area (Å²) >= 11 is 0. The number of hydrogen-bond donors (Lipinski definition) is 1. The van der Waals surface area contributed by atoms with Crippen LogP contribution in [0.2, 0.25) is 0 Å². The van der Waals surface area contributed by atoms with E-state index in [1.54, 1.807) is 23.0 Å². The van der Waals surface area contributed by atoms with Crippen molar-refractivity contribution in [2.24, 2.45) is 0 Å². The lowest BCUT2D eigenvalue weighted by molar-refractivity contribution is 0.725. The molecule has 4 heteroatoms. The molecular weight excluding hydrogens is 226 g/mol. The van der Waals surface area contributed by atoms with Gasteiger partial charge < -0.3 is 9.88 Å². The molecule has 0 aliphatic heterocycles. The Hall–Kier alpha value is -2.10. The maximum Gasteiger partial charge on any atom is 0.250 e. The van der Waals surface area contributed by atoms with Gasteiger partial charge in [0, 0.05) is 37.2 Å². The molecule has 1 N–H and O–H groups in total. The molecule has 0 saturated heterocycles. The number of aryl methyl sites for hydroxylation is 1. The number of nitrogens with one attached hydrogen (secondary N) is 1. The number of pyridine rings is 2. The van der Waals surface area contributed by atoms with Crippen LogP contribution in [0.25, 0.3) is 0 Å². The van der Waals surface area contributed by atoms with Crippen molar-refractivity contribution in [3.63, 3.8) is 0 Å². The first-order chi connectivity index (χ1) is 8.70. The molecule has 4 nitrogen and oxygen atoms in total. The van der Waals surface area contributed by atoms with Crippen LogP contribution in [0.4, 0.5) is 5.69 Å². The Labute approximate surface area is 106 Å². The van der Waals surface area contributed by atoms with Gasteiger partial charge in [0.2, 0.25) is 0 Å². The van der Waals surface area contributed by atoms with E-state index in [1.165, 1.54) is 5.56 Å². The van der Waals surface area contributed by atoms with E-state index in [0.717, 1.165) is 5.69 Å². The van der Waals surface area contributed by atoms with Gasteiger partial charge >= 0.3 is 0 Å². The second-order valence-electron chi connectivity index (χ2n) is 4.19. The van der Waals surface area contributed by atoms with Gasteiger partial charge in [0.15, 0.2) is 0 Å². The van der Waals surface area contributed by atoms with Crippen molar-refractivity contribution in [1.29, 1.82) is 0 Å². The Morgan fingerprint density at radius 1 is 1.28 bits per heavy atom. The molecule has 0 spiro atoms. The molecule has 0 radical (unpaired) electrons. The van der Waals surface area contributed by atoms with Gasteiger partial charge in [-0.2, -0.15) is 0 Å². The third-order valence-corrected chi connectivity index (χ3v) is 2.91. The minimum Gasteiger partial charge on any atom is -0.377 e. The van der Waals surface area contributed by atoms with Crippen LogP contribution in [-0.2, 0) is 6.54 Å². The molecule has 1 unspecified atom stereocenters. The zero-order chi connectivity index (χ0) is 13.0.